The normalized spacial score (nSPS) is 26.8. The van der Waals surface area contributed by atoms with Gasteiger partial charge < -0.3 is 10.1 Å². The van der Waals surface area contributed by atoms with Crippen LogP contribution >= 0.6 is 0 Å². The molecule has 0 amide bonds. The van der Waals surface area contributed by atoms with E-state index in [0.717, 1.165) is 0 Å². The van der Waals surface area contributed by atoms with E-state index in [0.29, 0.717) is 6.42 Å². The summed E-state index contributed by atoms with van der Waals surface area (Å²) >= 11 is 0. The third-order valence-electron chi connectivity index (χ3n) is 2.72. The van der Waals surface area contributed by atoms with Crippen molar-refractivity contribution >= 4 is 0 Å². The first kappa shape index (κ1) is 14.6. The quantitative estimate of drug-likeness (QED) is 0.792. The van der Waals surface area contributed by atoms with Crippen molar-refractivity contribution in [3.8, 4) is 0 Å². The Balaban J connectivity index is 2.63. The molecule has 17 heavy (non-hydrogen) atoms. The third-order valence-corrected chi connectivity index (χ3v) is 2.72. The molecule has 0 aliphatic heterocycles. The van der Waals surface area contributed by atoms with E-state index in [9.17, 15) is 26.3 Å². The predicted molar refractivity (Wildman–Crippen MR) is 47.5 cm³/mol. The number of nitrogens with one attached hydrogen (secondary N) is 1. The molecule has 1 N–H and O–H groups in total. The van der Waals surface area contributed by atoms with E-state index in [4.69, 9.17) is 0 Å². The number of ether oxygens (including phenoxy) is 1. The van der Waals surface area contributed by atoms with Crippen molar-refractivity contribution in [2.24, 2.45) is 0 Å². The molecule has 0 aromatic heterocycles. The molecule has 0 aromatic rings. The van der Waals surface area contributed by atoms with Gasteiger partial charge in [-0.3, -0.25) is 0 Å². The lowest BCUT2D eigenvalue weighted by Crippen LogP contribution is -2.46. The number of hydrogen-bond donors (Lipinski definition) is 1. The maximum Gasteiger partial charge on any atom is 0.423 e. The maximum atomic E-state index is 12.2. The van der Waals surface area contributed by atoms with Gasteiger partial charge in [0.1, 0.15) is 0 Å². The van der Waals surface area contributed by atoms with E-state index in [-0.39, 0.29) is 18.9 Å². The molecular formula is C9H13F6NO. The molecule has 8 heteroatoms. The van der Waals surface area contributed by atoms with E-state index < -0.39 is 24.6 Å². The number of halogens is 6. The van der Waals surface area contributed by atoms with Crippen molar-refractivity contribution < 1.29 is 31.1 Å². The van der Waals surface area contributed by atoms with Crippen LogP contribution in [0.3, 0.4) is 0 Å². The van der Waals surface area contributed by atoms with Gasteiger partial charge in [-0.05, 0) is 26.3 Å². The van der Waals surface area contributed by atoms with Crippen LogP contribution in [0.15, 0.2) is 0 Å². The van der Waals surface area contributed by atoms with Gasteiger partial charge in [0.2, 0.25) is 6.10 Å². The molecule has 1 rings (SSSR count). The maximum absolute atomic E-state index is 12.2. The van der Waals surface area contributed by atoms with Gasteiger partial charge in [0.25, 0.3) is 0 Å². The van der Waals surface area contributed by atoms with E-state index in [1.807, 2.05) is 0 Å². The van der Waals surface area contributed by atoms with Crippen LogP contribution in [0.2, 0.25) is 0 Å². The Morgan fingerprint density at radius 3 is 1.94 bits per heavy atom. The van der Waals surface area contributed by atoms with Gasteiger partial charge in [0, 0.05) is 6.04 Å². The van der Waals surface area contributed by atoms with Crippen LogP contribution < -0.4 is 5.32 Å². The number of rotatable bonds is 3. The van der Waals surface area contributed by atoms with Gasteiger partial charge in [-0.2, -0.15) is 26.3 Å². The summed E-state index contributed by atoms with van der Waals surface area (Å²) in [6.45, 7) is 0. The summed E-state index contributed by atoms with van der Waals surface area (Å²) in [5, 5.41) is 2.80. The molecule has 2 atom stereocenters. The Morgan fingerprint density at radius 1 is 1.06 bits per heavy atom. The summed E-state index contributed by atoms with van der Waals surface area (Å²) in [4.78, 5) is 0. The molecule has 1 aliphatic rings. The molecule has 1 saturated carbocycles. The molecule has 1 aliphatic carbocycles. The first-order valence-corrected chi connectivity index (χ1v) is 5.10. The lowest BCUT2D eigenvalue weighted by atomic mass is 10.2. The predicted octanol–water partition coefficient (Wildman–Crippen LogP) is 2.64. The molecule has 0 aromatic carbocycles. The summed E-state index contributed by atoms with van der Waals surface area (Å²) in [5.74, 6) is 0. The van der Waals surface area contributed by atoms with E-state index in [1.54, 1.807) is 7.05 Å². The molecule has 0 saturated heterocycles. The molecule has 2 nitrogen and oxygen atoms in total. The second-order valence-electron chi connectivity index (χ2n) is 4.02. The molecule has 0 radical (unpaired) electrons. The fourth-order valence-electron chi connectivity index (χ4n) is 1.86. The van der Waals surface area contributed by atoms with Crippen LogP contribution in [-0.4, -0.2) is 37.7 Å². The number of hydrogen-bond acceptors (Lipinski definition) is 2. The highest BCUT2D eigenvalue weighted by Gasteiger charge is 2.59. The zero-order valence-corrected chi connectivity index (χ0v) is 9.03. The van der Waals surface area contributed by atoms with Crippen LogP contribution in [0.5, 0.6) is 0 Å². The van der Waals surface area contributed by atoms with Gasteiger partial charge in [-0.15, -0.1) is 0 Å². The van der Waals surface area contributed by atoms with Crippen molar-refractivity contribution in [2.45, 2.75) is 49.9 Å². The molecule has 0 heterocycles. The average molecular weight is 265 g/mol. The Morgan fingerprint density at radius 2 is 1.59 bits per heavy atom. The zero-order valence-electron chi connectivity index (χ0n) is 9.03. The topological polar surface area (TPSA) is 21.3 Å². The van der Waals surface area contributed by atoms with Crippen molar-refractivity contribution in [3.63, 3.8) is 0 Å². The minimum absolute atomic E-state index is 0.0814. The van der Waals surface area contributed by atoms with Crippen molar-refractivity contribution in [1.82, 2.24) is 5.32 Å². The molecule has 1 fully saturated rings. The Hall–Kier alpha value is -0.500. The first-order chi connectivity index (χ1) is 7.64. The standard InChI is InChI=1S/C9H13F6NO/c1-16-5-2-3-6(4-5)17-7(8(10,11)12)9(13,14)15/h5-7,16H,2-4H2,1H3. The van der Waals surface area contributed by atoms with Gasteiger partial charge in [0.05, 0.1) is 6.10 Å². The lowest BCUT2D eigenvalue weighted by Gasteiger charge is -2.26. The molecule has 0 bridgehead atoms. The highest BCUT2D eigenvalue weighted by Crippen LogP contribution is 2.38. The van der Waals surface area contributed by atoms with E-state index in [2.05, 4.69) is 10.1 Å². The van der Waals surface area contributed by atoms with E-state index >= 15 is 0 Å². The fraction of sp³-hybridized carbons (Fsp3) is 1.00. The van der Waals surface area contributed by atoms with Gasteiger partial charge in [-0.1, -0.05) is 0 Å². The summed E-state index contributed by atoms with van der Waals surface area (Å²) < 4.78 is 77.3. The Kier molecular flexibility index (Phi) is 4.29. The minimum Gasteiger partial charge on any atom is -0.358 e. The Bertz CT molecular complexity index is 237. The van der Waals surface area contributed by atoms with Crippen LogP contribution in [-0.2, 0) is 4.74 Å². The molecule has 2 unspecified atom stereocenters. The van der Waals surface area contributed by atoms with Gasteiger partial charge >= 0.3 is 12.4 Å². The molecule has 102 valence electrons. The Labute approximate surface area is 94.3 Å². The average Bonchev–Trinajstić information content (AvgIpc) is 2.58. The third kappa shape index (κ3) is 4.02. The van der Waals surface area contributed by atoms with Crippen molar-refractivity contribution in [3.05, 3.63) is 0 Å². The summed E-state index contributed by atoms with van der Waals surface area (Å²) in [7, 11) is 1.61. The van der Waals surface area contributed by atoms with Crippen molar-refractivity contribution in [2.75, 3.05) is 7.05 Å². The second-order valence-corrected chi connectivity index (χ2v) is 4.02. The highest BCUT2D eigenvalue weighted by molar-refractivity contribution is 4.84. The zero-order chi connectivity index (χ0) is 13.3. The smallest absolute Gasteiger partial charge is 0.358 e. The SMILES string of the molecule is CNC1CCC(OC(C(F)(F)F)C(F)(F)F)C1. The second kappa shape index (κ2) is 5.01. The molecular weight excluding hydrogens is 252 g/mol. The first-order valence-electron chi connectivity index (χ1n) is 5.10. The summed E-state index contributed by atoms with van der Waals surface area (Å²) in [6, 6.07) is -0.0814. The minimum atomic E-state index is -5.42. The number of alkyl halides is 6. The van der Waals surface area contributed by atoms with Crippen molar-refractivity contribution in [1.29, 1.82) is 0 Å². The fourth-order valence-corrected chi connectivity index (χ4v) is 1.86. The molecule has 0 spiro atoms. The monoisotopic (exact) mass is 265 g/mol. The van der Waals surface area contributed by atoms with Crippen LogP contribution in [0.1, 0.15) is 19.3 Å². The highest BCUT2D eigenvalue weighted by atomic mass is 19.4. The van der Waals surface area contributed by atoms with E-state index in [1.165, 1.54) is 0 Å². The van der Waals surface area contributed by atoms with Gasteiger partial charge in [-0.25, -0.2) is 0 Å². The lowest BCUT2D eigenvalue weighted by molar-refractivity contribution is -0.330. The van der Waals surface area contributed by atoms with Crippen LogP contribution in [0.4, 0.5) is 26.3 Å². The summed E-state index contributed by atoms with van der Waals surface area (Å²) in [5.41, 5.74) is 0. The largest absolute Gasteiger partial charge is 0.423 e. The van der Waals surface area contributed by atoms with Crippen LogP contribution in [0, 0.1) is 0 Å². The van der Waals surface area contributed by atoms with Crippen LogP contribution in [0.25, 0.3) is 0 Å². The summed E-state index contributed by atoms with van der Waals surface area (Å²) in [6.07, 6.45) is -14.6. The van der Waals surface area contributed by atoms with Gasteiger partial charge in [0.15, 0.2) is 0 Å².